The minimum atomic E-state index is 0.457. The van der Waals surface area contributed by atoms with Crippen molar-refractivity contribution in [3.8, 4) is 0 Å². The van der Waals surface area contributed by atoms with Gasteiger partial charge in [-0.05, 0) is 38.9 Å². The van der Waals surface area contributed by atoms with Gasteiger partial charge in [-0.1, -0.05) is 29.3 Å². The van der Waals surface area contributed by atoms with Crippen molar-refractivity contribution in [1.29, 1.82) is 0 Å². The number of nitrogens with one attached hydrogen (secondary N) is 1. The van der Waals surface area contributed by atoms with Crippen molar-refractivity contribution in [3.05, 3.63) is 28.2 Å². The summed E-state index contributed by atoms with van der Waals surface area (Å²) in [5, 5.41) is 4.87. The molecule has 1 N–H and O–H groups in total. The summed E-state index contributed by atoms with van der Waals surface area (Å²) in [4.78, 5) is 2.38. The molecule has 0 saturated carbocycles. The predicted molar refractivity (Wildman–Crippen MR) is 75.2 cm³/mol. The Morgan fingerprint density at radius 2 is 1.94 bits per heavy atom. The highest BCUT2D eigenvalue weighted by molar-refractivity contribution is 6.39. The quantitative estimate of drug-likeness (QED) is 0.879. The van der Waals surface area contributed by atoms with Gasteiger partial charge in [0.15, 0.2) is 0 Å². The number of benzene rings is 1. The molecular formula is C13H18Cl2N2. The molecule has 2 rings (SSSR count). The number of piperidine rings is 1. The lowest BCUT2D eigenvalue weighted by molar-refractivity contribution is 0.190. The second kappa shape index (κ2) is 5.47. The second-order valence-electron chi connectivity index (χ2n) is 4.79. The maximum absolute atomic E-state index is 6.16. The van der Waals surface area contributed by atoms with Crippen LogP contribution in [0.3, 0.4) is 0 Å². The van der Waals surface area contributed by atoms with Gasteiger partial charge in [0.05, 0.1) is 15.7 Å². The molecule has 0 radical (unpaired) electrons. The topological polar surface area (TPSA) is 15.3 Å². The molecule has 1 aromatic rings. The third kappa shape index (κ3) is 3.06. The number of anilines is 1. The maximum Gasteiger partial charge on any atom is 0.0721 e. The minimum absolute atomic E-state index is 0.457. The van der Waals surface area contributed by atoms with Gasteiger partial charge in [0.25, 0.3) is 0 Å². The molecule has 0 bridgehead atoms. The van der Waals surface area contributed by atoms with Crippen LogP contribution in [0.15, 0.2) is 18.2 Å². The van der Waals surface area contributed by atoms with Crippen molar-refractivity contribution in [2.75, 3.05) is 18.9 Å². The summed E-state index contributed by atoms with van der Waals surface area (Å²) < 4.78 is 0. The minimum Gasteiger partial charge on any atom is -0.380 e. The van der Waals surface area contributed by atoms with E-state index in [4.69, 9.17) is 23.2 Å². The first-order valence-corrected chi connectivity index (χ1v) is 6.74. The average Bonchev–Trinajstić information content (AvgIpc) is 2.28. The molecule has 1 aromatic carbocycles. The van der Waals surface area contributed by atoms with E-state index >= 15 is 0 Å². The van der Waals surface area contributed by atoms with Crippen LogP contribution in [0.2, 0.25) is 10.0 Å². The van der Waals surface area contributed by atoms with Crippen LogP contribution in [0, 0.1) is 0 Å². The Bertz CT molecular complexity index is 375. The van der Waals surface area contributed by atoms with E-state index in [2.05, 4.69) is 24.2 Å². The first-order valence-electron chi connectivity index (χ1n) is 5.98. The molecule has 0 aromatic heterocycles. The highest BCUT2D eigenvalue weighted by Gasteiger charge is 2.23. The molecule has 1 heterocycles. The van der Waals surface area contributed by atoms with Crippen LogP contribution in [0.5, 0.6) is 0 Å². The maximum atomic E-state index is 6.16. The number of nitrogens with zero attached hydrogens (tertiary/aromatic N) is 1. The third-order valence-electron chi connectivity index (χ3n) is 3.52. The summed E-state index contributed by atoms with van der Waals surface area (Å²) in [7, 11) is 2.17. The van der Waals surface area contributed by atoms with Crippen LogP contribution >= 0.6 is 23.2 Å². The van der Waals surface area contributed by atoms with E-state index in [9.17, 15) is 0 Å². The van der Waals surface area contributed by atoms with Crippen molar-refractivity contribution in [2.24, 2.45) is 0 Å². The number of rotatable bonds is 2. The van der Waals surface area contributed by atoms with E-state index in [1.165, 1.54) is 0 Å². The van der Waals surface area contributed by atoms with Gasteiger partial charge in [-0.2, -0.15) is 0 Å². The standard InChI is InChI=1S/C13H18Cl2N2/c1-9-8-10(6-7-17(9)2)16-13-11(14)4-3-5-12(13)15/h3-5,9-10,16H,6-8H2,1-2H3. The molecular weight excluding hydrogens is 255 g/mol. The molecule has 4 heteroatoms. The Morgan fingerprint density at radius 1 is 1.29 bits per heavy atom. The molecule has 2 unspecified atom stereocenters. The summed E-state index contributed by atoms with van der Waals surface area (Å²) in [5.41, 5.74) is 0.873. The lowest BCUT2D eigenvalue weighted by Crippen LogP contribution is -2.42. The summed E-state index contributed by atoms with van der Waals surface area (Å²) in [5.74, 6) is 0. The van der Waals surface area contributed by atoms with Gasteiger partial charge in [0.1, 0.15) is 0 Å². The fourth-order valence-electron chi connectivity index (χ4n) is 2.26. The SMILES string of the molecule is CC1CC(Nc2c(Cl)cccc2Cl)CCN1C. The van der Waals surface area contributed by atoms with Crippen molar-refractivity contribution in [3.63, 3.8) is 0 Å². The van der Waals surface area contributed by atoms with Crippen LogP contribution in [0.1, 0.15) is 19.8 Å². The Balaban J connectivity index is 2.06. The second-order valence-corrected chi connectivity index (χ2v) is 5.61. The van der Waals surface area contributed by atoms with Crippen LogP contribution in [-0.2, 0) is 0 Å². The first-order chi connectivity index (χ1) is 8.08. The van der Waals surface area contributed by atoms with Crippen molar-refractivity contribution < 1.29 is 0 Å². The number of halogens is 2. The lowest BCUT2D eigenvalue weighted by Gasteiger charge is -2.36. The monoisotopic (exact) mass is 272 g/mol. The molecule has 2 nitrogen and oxygen atoms in total. The molecule has 1 aliphatic heterocycles. The molecule has 1 aliphatic rings. The first kappa shape index (κ1) is 13.0. The molecule has 0 spiro atoms. The summed E-state index contributed by atoms with van der Waals surface area (Å²) >= 11 is 12.3. The summed E-state index contributed by atoms with van der Waals surface area (Å²) in [6, 6.07) is 6.66. The Morgan fingerprint density at radius 3 is 2.53 bits per heavy atom. The Labute approximate surface area is 113 Å². The molecule has 0 aliphatic carbocycles. The average molecular weight is 273 g/mol. The fourth-order valence-corrected chi connectivity index (χ4v) is 2.77. The van der Waals surface area contributed by atoms with Crippen LogP contribution in [-0.4, -0.2) is 30.6 Å². The Kier molecular flexibility index (Phi) is 4.18. The summed E-state index contributed by atoms with van der Waals surface area (Å²) in [6.07, 6.45) is 2.25. The zero-order valence-electron chi connectivity index (χ0n) is 10.2. The highest BCUT2D eigenvalue weighted by Crippen LogP contribution is 2.32. The molecule has 2 atom stereocenters. The normalized spacial score (nSPS) is 25.9. The molecule has 1 saturated heterocycles. The fraction of sp³-hybridized carbons (Fsp3) is 0.538. The summed E-state index contributed by atoms with van der Waals surface area (Å²) in [6.45, 7) is 3.36. The van der Waals surface area contributed by atoms with E-state index in [1.807, 2.05) is 18.2 Å². The highest BCUT2D eigenvalue weighted by atomic mass is 35.5. The zero-order valence-corrected chi connectivity index (χ0v) is 11.7. The van der Waals surface area contributed by atoms with Gasteiger partial charge in [-0.3, -0.25) is 0 Å². The van der Waals surface area contributed by atoms with Crippen LogP contribution < -0.4 is 5.32 Å². The number of hydrogen-bond acceptors (Lipinski definition) is 2. The van der Waals surface area contributed by atoms with E-state index in [1.54, 1.807) is 0 Å². The van der Waals surface area contributed by atoms with Gasteiger partial charge in [0.2, 0.25) is 0 Å². The Hall–Kier alpha value is -0.440. The van der Waals surface area contributed by atoms with Crippen molar-refractivity contribution >= 4 is 28.9 Å². The number of hydrogen-bond donors (Lipinski definition) is 1. The number of para-hydroxylation sites is 1. The lowest BCUT2D eigenvalue weighted by atomic mass is 9.98. The van der Waals surface area contributed by atoms with Gasteiger partial charge < -0.3 is 10.2 Å². The van der Waals surface area contributed by atoms with Gasteiger partial charge in [-0.25, -0.2) is 0 Å². The third-order valence-corrected chi connectivity index (χ3v) is 4.15. The zero-order chi connectivity index (χ0) is 12.4. The van der Waals surface area contributed by atoms with E-state index in [-0.39, 0.29) is 0 Å². The van der Waals surface area contributed by atoms with Gasteiger partial charge in [0, 0.05) is 18.6 Å². The van der Waals surface area contributed by atoms with E-state index in [0.29, 0.717) is 22.1 Å². The molecule has 94 valence electrons. The number of likely N-dealkylation sites (tertiary alicyclic amines) is 1. The predicted octanol–water partition coefficient (Wildman–Crippen LogP) is 3.89. The smallest absolute Gasteiger partial charge is 0.0721 e. The molecule has 17 heavy (non-hydrogen) atoms. The van der Waals surface area contributed by atoms with Crippen LogP contribution in [0.4, 0.5) is 5.69 Å². The van der Waals surface area contributed by atoms with Gasteiger partial charge in [-0.15, -0.1) is 0 Å². The largest absolute Gasteiger partial charge is 0.380 e. The van der Waals surface area contributed by atoms with Crippen molar-refractivity contribution in [2.45, 2.75) is 31.8 Å². The molecule has 1 fully saturated rings. The van der Waals surface area contributed by atoms with Crippen LogP contribution in [0.25, 0.3) is 0 Å². The molecule has 0 amide bonds. The van der Waals surface area contributed by atoms with Crippen molar-refractivity contribution in [1.82, 2.24) is 4.90 Å². The van der Waals surface area contributed by atoms with E-state index < -0.39 is 0 Å². The van der Waals surface area contributed by atoms with E-state index in [0.717, 1.165) is 25.1 Å². The van der Waals surface area contributed by atoms with Gasteiger partial charge >= 0.3 is 0 Å².